The van der Waals surface area contributed by atoms with Crippen LogP contribution in [0.4, 0.5) is 0 Å². The quantitative estimate of drug-likeness (QED) is 0.679. The average molecular weight is 403 g/mol. The standard InChI is InChI=1S/C21H27ClN4O2/c1-14-15(6-4-9-18(14)22)12-17(27)10-11-19-23-24-20(13-21(28)25(2)3)26(19)16-7-5-8-16/h4,6,9,16H,5,7-8,10-13H2,1-3H3. The molecule has 0 spiro atoms. The lowest BCUT2D eigenvalue weighted by atomic mass is 9.92. The Kier molecular flexibility index (Phi) is 6.50. The van der Waals surface area contributed by atoms with E-state index in [0.29, 0.717) is 36.2 Å². The van der Waals surface area contributed by atoms with Gasteiger partial charge in [0, 0.05) is 44.4 Å². The summed E-state index contributed by atoms with van der Waals surface area (Å²) in [7, 11) is 3.48. The van der Waals surface area contributed by atoms with Crippen LogP contribution < -0.4 is 0 Å². The van der Waals surface area contributed by atoms with Crippen molar-refractivity contribution < 1.29 is 9.59 Å². The average Bonchev–Trinajstić information content (AvgIpc) is 2.98. The first-order valence-electron chi connectivity index (χ1n) is 9.75. The minimum Gasteiger partial charge on any atom is -0.348 e. The molecule has 0 N–H and O–H groups in total. The Bertz CT molecular complexity index is 871. The van der Waals surface area contributed by atoms with Gasteiger partial charge >= 0.3 is 0 Å². The Hall–Kier alpha value is -2.21. The van der Waals surface area contributed by atoms with Gasteiger partial charge < -0.3 is 9.47 Å². The summed E-state index contributed by atoms with van der Waals surface area (Å²) in [6.07, 6.45) is 4.88. The lowest BCUT2D eigenvalue weighted by Crippen LogP contribution is -2.27. The number of hydrogen-bond acceptors (Lipinski definition) is 4. The minimum atomic E-state index is 0.00651. The highest BCUT2D eigenvalue weighted by Crippen LogP contribution is 2.33. The molecule has 0 unspecified atom stereocenters. The van der Waals surface area contributed by atoms with Gasteiger partial charge in [-0.25, -0.2) is 0 Å². The number of likely N-dealkylation sites (N-methyl/N-ethyl adjacent to an activating group) is 1. The highest BCUT2D eigenvalue weighted by atomic mass is 35.5. The lowest BCUT2D eigenvalue weighted by Gasteiger charge is -2.29. The molecule has 150 valence electrons. The van der Waals surface area contributed by atoms with E-state index in [4.69, 9.17) is 11.6 Å². The molecule has 1 fully saturated rings. The Morgan fingerprint density at radius 3 is 2.54 bits per heavy atom. The summed E-state index contributed by atoms with van der Waals surface area (Å²) < 4.78 is 2.10. The molecule has 0 atom stereocenters. The number of carbonyl (C=O) groups is 2. The number of aryl methyl sites for hydroxylation is 1. The van der Waals surface area contributed by atoms with Gasteiger partial charge in [0.2, 0.25) is 5.91 Å². The van der Waals surface area contributed by atoms with E-state index in [1.54, 1.807) is 19.0 Å². The van der Waals surface area contributed by atoms with Gasteiger partial charge in [-0.15, -0.1) is 10.2 Å². The maximum absolute atomic E-state index is 12.5. The van der Waals surface area contributed by atoms with Crippen molar-refractivity contribution in [2.75, 3.05) is 14.1 Å². The number of halogens is 1. The molecular weight excluding hydrogens is 376 g/mol. The number of nitrogens with zero attached hydrogens (tertiary/aromatic N) is 4. The van der Waals surface area contributed by atoms with E-state index in [2.05, 4.69) is 14.8 Å². The number of benzene rings is 1. The third kappa shape index (κ3) is 4.61. The van der Waals surface area contributed by atoms with E-state index in [1.807, 2.05) is 25.1 Å². The third-order valence-electron chi connectivity index (χ3n) is 5.48. The molecule has 1 aliphatic rings. The Morgan fingerprint density at radius 2 is 1.89 bits per heavy atom. The zero-order valence-corrected chi connectivity index (χ0v) is 17.5. The van der Waals surface area contributed by atoms with Crippen LogP contribution in [0.1, 0.15) is 54.5 Å². The molecule has 0 bridgehead atoms. The molecule has 2 aromatic rings. The fraction of sp³-hybridized carbons (Fsp3) is 0.524. The number of ketones is 1. The highest BCUT2D eigenvalue weighted by molar-refractivity contribution is 6.31. The Morgan fingerprint density at radius 1 is 1.18 bits per heavy atom. The smallest absolute Gasteiger partial charge is 0.229 e. The van der Waals surface area contributed by atoms with Crippen molar-refractivity contribution in [3.8, 4) is 0 Å². The fourth-order valence-electron chi connectivity index (χ4n) is 3.41. The number of amides is 1. The minimum absolute atomic E-state index is 0.00651. The fourth-order valence-corrected chi connectivity index (χ4v) is 3.60. The molecule has 1 aromatic carbocycles. The number of aromatic nitrogens is 3. The topological polar surface area (TPSA) is 68.1 Å². The maximum atomic E-state index is 12.5. The number of rotatable bonds is 8. The number of Topliss-reactive ketones (excluding diaryl/α,β-unsaturated/α-hetero) is 1. The third-order valence-corrected chi connectivity index (χ3v) is 5.89. The molecule has 3 rings (SSSR count). The molecule has 0 radical (unpaired) electrons. The van der Waals surface area contributed by atoms with Crippen LogP contribution in [0.2, 0.25) is 5.02 Å². The maximum Gasteiger partial charge on any atom is 0.229 e. The first kappa shape index (κ1) is 20.5. The predicted molar refractivity (Wildman–Crippen MR) is 109 cm³/mol. The van der Waals surface area contributed by atoms with Gasteiger partial charge in [-0.1, -0.05) is 23.7 Å². The van der Waals surface area contributed by atoms with Gasteiger partial charge in [0.25, 0.3) is 0 Å². The second kappa shape index (κ2) is 8.86. The van der Waals surface area contributed by atoms with E-state index in [0.717, 1.165) is 29.8 Å². The normalized spacial score (nSPS) is 14.0. The summed E-state index contributed by atoms with van der Waals surface area (Å²) in [4.78, 5) is 26.2. The first-order valence-corrected chi connectivity index (χ1v) is 10.1. The molecule has 6 nitrogen and oxygen atoms in total. The molecule has 7 heteroatoms. The zero-order chi connectivity index (χ0) is 20.3. The van der Waals surface area contributed by atoms with Gasteiger partial charge in [-0.3, -0.25) is 9.59 Å². The second-order valence-corrected chi connectivity index (χ2v) is 8.10. The first-order chi connectivity index (χ1) is 13.4. The molecule has 1 heterocycles. The van der Waals surface area contributed by atoms with Crippen LogP contribution in [0.15, 0.2) is 18.2 Å². The molecule has 0 aliphatic heterocycles. The largest absolute Gasteiger partial charge is 0.348 e. The van der Waals surface area contributed by atoms with Gasteiger partial charge in [0.05, 0.1) is 6.42 Å². The summed E-state index contributed by atoms with van der Waals surface area (Å²) >= 11 is 6.15. The van der Waals surface area contributed by atoms with Crippen molar-refractivity contribution in [2.24, 2.45) is 0 Å². The summed E-state index contributed by atoms with van der Waals surface area (Å²) in [5.41, 5.74) is 1.93. The van der Waals surface area contributed by atoms with Crippen LogP contribution in [0.5, 0.6) is 0 Å². The molecule has 1 aromatic heterocycles. The summed E-state index contributed by atoms with van der Waals surface area (Å²) in [5.74, 6) is 1.67. The molecule has 0 saturated heterocycles. The van der Waals surface area contributed by atoms with Crippen LogP contribution in [0, 0.1) is 6.92 Å². The second-order valence-electron chi connectivity index (χ2n) is 7.69. The van der Waals surface area contributed by atoms with Gasteiger partial charge in [-0.05, 0) is 43.4 Å². The van der Waals surface area contributed by atoms with Crippen LogP contribution in [-0.4, -0.2) is 45.5 Å². The lowest BCUT2D eigenvalue weighted by molar-refractivity contribution is -0.128. The van der Waals surface area contributed by atoms with Gasteiger partial charge in [-0.2, -0.15) is 0 Å². The van der Waals surface area contributed by atoms with Crippen molar-refractivity contribution in [3.63, 3.8) is 0 Å². The molecular formula is C21H27ClN4O2. The van der Waals surface area contributed by atoms with Crippen molar-refractivity contribution in [1.29, 1.82) is 0 Å². The number of hydrogen-bond donors (Lipinski definition) is 0. The van der Waals surface area contributed by atoms with Gasteiger partial charge in [0.15, 0.2) is 0 Å². The van der Waals surface area contributed by atoms with Crippen LogP contribution >= 0.6 is 11.6 Å². The predicted octanol–water partition coefficient (Wildman–Crippen LogP) is 3.34. The Balaban J connectivity index is 1.68. The van der Waals surface area contributed by atoms with E-state index < -0.39 is 0 Å². The zero-order valence-electron chi connectivity index (χ0n) is 16.7. The Labute approximate surface area is 170 Å². The SMILES string of the molecule is Cc1c(Cl)cccc1CC(=O)CCc1nnc(CC(=O)N(C)C)n1C1CCC1. The van der Waals surface area contributed by atoms with Crippen molar-refractivity contribution in [2.45, 2.75) is 57.9 Å². The number of carbonyl (C=O) groups excluding carboxylic acids is 2. The van der Waals surface area contributed by atoms with E-state index in [9.17, 15) is 9.59 Å². The highest BCUT2D eigenvalue weighted by Gasteiger charge is 2.27. The van der Waals surface area contributed by atoms with Gasteiger partial charge in [0.1, 0.15) is 17.4 Å². The molecule has 1 aliphatic carbocycles. The van der Waals surface area contributed by atoms with Crippen molar-refractivity contribution >= 4 is 23.3 Å². The monoisotopic (exact) mass is 402 g/mol. The van der Waals surface area contributed by atoms with E-state index in [-0.39, 0.29) is 18.1 Å². The summed E-state index contributed by atoms with van der Waals surface area (Å²) in [6, 6.07) is 6.00. The summed E-state index contributed by atoms with van der Waals surface area (Å²) in [5, 5.41) is 9.26. The molecule has 28 heavy (non-hydrogen) atoms. The van der Waals surface area contributed by atoms with E-state index >= 15 is 0 Å². The molecule has 1 amide bonds. The molecule has 1 saturated carbocycles. The van der Waals surface area contributed by atoms with E-state index in [1.165, 1.54) is 6.42 Å². The van der Waals surface area contributed by atoms with Crippen LogP contribution in [-0.2, 0) is 28.9 Å². The van der Waals surface area contributed by atoms with Crippen molar-refractivity contribution in [3.05, 3.63) is 46.0 Å². The van der Waals surface area contributed by atoms with Crippen LogP contribution in [0.25, 0.3) is 0 Å². The van der Waals surface area contributed by atoms with Crippen molar-refractivity contribution in [1.82, 2.24) is 19.7 Å². The van der Waals surface area contributed by atoms with Crippen LogP contribution in [0.3, 0.4) is 0 Å². The summed E-state index contributed by atoms with van der Waals surface area (Å²) in [6.45, 7) is 1.94.